The molecular formula is C11H22O4Si. The minimum atomic E-state index is -1.05. The summed E-state index contributed by atoms with van der Waals surface area (Å²) in [4.78, 5) is 11.9. The van der Waals surface area contributed by atoms with Gasteiger partial charge in [-0.05, 0) is 27.7 Å². The summed E-state index contributed by atoms with van der Waals surface area (Å²) in [6.45, 7) is 11.8. The predicted molar refractivity (Wildman–Crippen MR) is 66.3 cm³/mol. The first-order valence-electron chi connectivity index (χ1n) is 5.47. The minimum Gasteiger partial charge on any atom is -0.418 e. The zero-order valence-corrected chi connectivity index (χ0v) is 12.8. The first-order valence-corrected chi connectivity index (χ1v) is 6.28. The van der Waals surface area contributed by atoms with Crippen molar-refractivity contribution in [2.75, 3.05) is 13.2 Å². The molecule has 0 aromatic heterocycles. The Balaban J connectivity index is 4.80. The molecule has 0 radical (unpaired) electrons. The van der Waals surface area contributed by atoms with Gasteiger partial charge in [-0.2, -0.15) is 0 Å². The number of Topliss-reactive ketones (excluding diaryl/α,β-unsaturated/α-hetero) is 1. The van der Waals surface area contributed by atoms with E-state index in [0.29, 0.717) is 29.3 Å². The number of ketones is 1. The van der Waals surface area contributed by atoms with E-state index in [9.17, 15) is 4.79 Å². The number of carbonyl (C=O) groups excluding carboxylic acids is 1. The Morgan fingerprint density at radius 1 is 1.38 bits per heavy atom. The van der Waals surface area contributed by atoms with Crippen molar-refractivity contribution in [3.8, 4) is 0 Å². The second-order valence-electron chi connectivity index (χ2n) is 3.53. The van der Waals surface area contributed by atoms with Crippen molar-refractivity contribution in [2.24, 2.45) is 0 Å². The molecule has 0 aliphatic rings. The van der Waals surface area contributed by atoms with Crippen LogP contribution in [0.25, 0.3) is 0 Å². The second kappa shape index (κ2) is 6.96. The molecule has 94 valence electrons. The largest absolute Gasteiger partial charge is 0.418 e. The Kier molecular flexibility index (Phi) is 6.74. The van der Waals surface area contributed by atoms with Crippen LogP contribution in [0.1, 0.15) is 27.7 Å². The molecule has 0 bridgehead atoms. The van der Waals surface area contributed by atoms with Crippen LogP contribution < -0.4 is 0 Å². The maximum absolute atomic E-state index is 11.9. The van der Waals surface area contributed by atoms with Crippen molar-refractivity contribution >= 4 is 16.3 Å². The summed E-state index contributed by atoms with van der Waals surface area (Å²) in [7, 11) is 0.515. The van der Waals surface area contributed by atoms with E-state index in [4.69, 9.17) is 13.9 Å². The van der Waals surface area contributed by atoms with Crippen LogP contribution in [0.5, 0.6) is 0 Å². The van der Waals surface area contributed by atoms with E-state index < -0.39 is 11.9 Å². The van der Waals surface area contributed by atoms with Gasteiger partial charge < -0.3 is 13.9 Å². The van der Waals surface area contributed by atoms with Gasteiger partial charge in [0.25, 0.3) is 0 Å². The van der Waals surface area contributed by atoms with Crippen LogP contribution in [-0.4, -0.2) is 41.4 Å². The van der Waals surface area contributed by atoms with Crippen LogP contribution in [-0.2, 0) is 18.7 Å². The Morgan fingerprint density at radius 2 is 1.81 bits per heavy atom. The molecular weight excluding hydrogens is 224 g/mol. The van der Waals surface area contributed by atoms with Crippen molar-refractivity contribution in [3.63, 3.8) is 0 Å². The summed E-state index contributed by atoms with van der Waals surface area (Å²) >= 11 is 0. The SMILES string of the molecule is C=C(C(=O)C(C)O[SiH3])C(C)(OCC)OCC. The van der Waals surface area contributed by atoms with Gasteiger partial charge in [0.1, 0.15) is 16.6 Å². The quantitative estimate of drug-likeness (QED) is 0.357. The average molecular weight is 246 g/mol. The molecule has 5 heteroatoms. The lowest BCUT2D eigenvalue weighted by molar-refractivity contribution is -0.196. The highest BCUT2D eigenvalue weighted by atomic mass is 28.2. The normalized spacial score (nSPS) is 13.8. The Bertz CT molecular complexity index is 246. The van der Waals surface area contributed by atoms with Crippen LogP contribution in [0.3, 0.4) is 0 Å². The Hall–Kier alpha value is -0.493. The van der Waals surface area contributed by atoms with Crippen LogP contribution in [0.2, 0.25) is 0 Å². The molecule has 0 N–H and O–H groups in total. The molecule has 0 heterocycles. The van der Waals surface area contributed by atoms with Gasteiger partial charge in [-0.15, -0.1) is 0 Å². The highest BCUT2D eigenvalue weighted by Crippen LogP contribution is 2.23. The van der Waals surface area contributed by atoms with Crippen molar-refractivity contribution < 1.29 is 18.7 Å². The van der Waals surface area contributed by atoms with E-state index in [1.165, 1.54) is 0 Å². The maximum Gasteiger partial charge on any atom is 0.194 e. The van der Waals surface area contributed by atoms with Crippen molar-refractivity contribution in [2.45, 2.75) is 39.6 Å². The fraction of sp³-hybridized carbons (Fsp3) is 0.727. The molecule has 16 heavy (non-hydrogen) atoms. The molecule has 1 atom stereocenters. The fourth-order valence-electron chi connectivity index (χ4n) is 1.34. The highest BCUT2D eigenvalue weighted by molar-refractivity contribution is 6.04. The number of ether oxygens (including phenoxy) is 2. The minimum absolute atomic E-state index is 0.167. The maximum atomic E-state index is 11.9. The number of hydrogen-bond donors (Lipinski definition) is 0. The smallest absolute Gasteiger partial charge is 0.194 e. The van der Waals surface area contributed by atoms with E-state index >= 15 is 0 Å². The van der Waals surface area contributed by atoms with Crippen LogP contribution in [0.15, 0.2) is 12.2 Å². The third kappa shape index (κ3) is 3.82. The Morgan fingerprint density at radius 3 is 2.12 bits per heavy atom. The summed E-state index contributed by atoms with van der Waals surface area (Å²) in [5.41, 5.74) is 0.305. The highest BCUT2D eigenvalue weighted by Gasteiger charge is 2.35. The third-order valence-corrected chi connectivity index (χ3v) is 3.12. The summed E-state index contributed by atoms with van der Waals surface area (Å²) in [5, 5.41) is 0. The summed E-state index contributed by atoms with van der Waals surface area (Å²) in [6, 6.07) is 0. The molecule has 0 aromatic carbocycles. The lowest BCUT2D eigenvalue weighted by Gasteiger charge is -2.31. The monoisotopic (exact) mass is 246 g/mol. The third-order valence-electron chi connectivity index (χ3n) is 2.41. The van der Waals surface area contributed by atoms with E-state index in [0.717, 1.165) is 0 Å². The lowest BCUT2D eigenvalue weighted by atomic mass is 10.0. The average Bonchev–Trinajstić information content (AvgIpc) is 2.26. The van der Waals surface area contributed by atoms with Crippen LogP contribution >= 0.6 is 0 Å². The van der Waals surface area contributed by atoms with Gasteiger partial charge in [0.15, 0.2) is 11.6 Å². The van der Waals surface area contributed by atoms with Gasteiger partial charge in [0, 0.05) is 18.8 Å². The van der Waals surface area contributed by atoms with Gasteiger partial charge >= 0.3 is 0 Å². The summed E-state index contributed by atoms with van der Waals surface area (Å²) in [5.74, 6) is -1.21. The molecule has 4 nitrogen and oxygen atoms in total. The molecule has 1 unspecified atom stereocenters. The standard InChI is InChI=1S/C11H22O4Si/c1-6-13-11(5,14-7-2)8(3)10(12)9(4)15-16/h9H,3,6-7H2,1-2,4-5,16H3. The molecule has 0 aliphatic carbocycles. The van der Waals surface area contributed by atoms with Gasteiger partial charge in [-0.25, -0.2) is 0 Å². The fourth-order valence-corrected chi connectivity index (χ4v) is 1.56. The molecule has 0 saturated heterocycles. The summed E-state index contributed by atoms with van der Waals surface area (Å²) < 4.78 is 16.0. The molecule has 0 saturated carbocycles. The molecule has 0 amide bonds. The zero-order valence-electron chi connectivity index (χ0n) is 10.8. The topological polar surface area (TPSA) is 44.8 Å². The van der Waals surface area contributed by atoms with Gasteiger partial charge in [0.2, 0.25) is 0 Å². The van der Waals surface area contributed by atoms with Gasteiger partial charge in [0.05, 0.1) is 0 Å². The molecule has 0 fully saturated rings. The van der Waals surface area contributed by atoms with Gasteiger partial charge in [-0.1, -0.05) is 6.58 Å². The van der Waals surface area contributed by atoms with E-state index in [-0.39, 0.29) is 5.78 Å². The lowest BCUT2D eigenvalue weighted by Crippen LogP contribution is -2.40. The predicted octanol–water partition coefficient (Wildman–Crippen LogP) is 0.586. The first kappa shape index (κ1) is 15.5. The van der Waals surface area contributed by atoms with Crippen molar-refractivity contribution in [3.05, 3.63) is 12.2 Å². The number of rotatable bonds is 8. The molecule has 0 rings (SSSR count). The van der Waals surface area contributed by atoms with E-state index in [1.807, 2.05) is 13.8 Å². The van der Waals surface area contributed by atoms with Crippen molar-refractivity contribution in [1.29, 1.82) is 0 Å². The Labute approximate surface area is 100 Å². The number of hydrogen-bond acceptors (Lipinski definition) is 4. The molecule has 0 aliphatic heterocycles. The van der Waals surface area contributed by atoms with E-state index in [2.05, 4.69) is 6.58 Å². The molecule has 0 spiro atoms. The van der Waals surface area contributed by atoms with Gasteiger partial charge in [-0.3, -0.25) is 4.79 Å². The molecule has 0 aromatic rings. The second-order valence-corrected chi connectivity index (χ2v) is 4.00. The summed E-state index contributed by atoms with van der Waals surface area (Å²) in [6.07, 6.45) is -0.473. The zero-order chi connectivity index (χ0) is 12.8. The first-order chi connectivity index (χ1) is 7.42. The van der Waals surface area contributed by atoms with Crippen molar-refractivity contribution in [1.82, 2.24) is 0 Å². The number of carbonyl (C=O) groups is 1. The van der Waals surface area contributed by atoms with Crippen LogP contribution in [0, 0.1) is 0 Å². The van der Waals surface area contributed by atoms with E-state index in [1.54, 1.807) is 13.8 Å². The van der Waals surface area contributed by atoms with Crippen LogP contribution in [0.4, 0.5) is 0 Å².